The first-order chi connectivity index (χ1) is 19.7. The lowest BCUT2D eigenvalue weighted by Gasteiger charge is -2.19. The summed E-state index contributed by atoms with van der Waals surface area (Å²) < 4.78 is 53.1. The highest BCUT2D eigenvalue weighted by molar-refractivity contribution is 5.95. The molecule has 0 aliphatic carbocycles. The number of anilines is 1. The van der Waals surface area contributed by atoms with Gasteiger partial charge in [0.15, 0.2) is 5.78 Å². The fourth-order valence-electron chi connectivity index (χ4n) is 4.68. The minimum atomic E-state index is -4.65. The van der Waals surface area contributed by atoms with Crippen LogP contribution in [0, 0.1) is 0 Å². The summed E-state index contributed by atoms with van der Waals surface area (Å²) in [6.07, 6.45) is 0.829. The van der Waals surface area contributed by atoms with Crippen LogP contribution in [-0.4, -0.2) is 47.9 Å². The van der Waals surface area contributed by atoms with E-state index in [9.17, 15) is 22.8 Å². The highest BCUT2D eigenvalue weighted by Gasteiger charge is 2.35. The Labute approximate surface area is 234 Å². The van der Waals surface area contributed by atoms with Crippen molar-refractivity contribution in [3.63, 3.8) is 0 Å². The summed E-state index contributed by atoms with van der Waals surface area (Å²) >= 11 is 0. The lowest BCUT2D eigenvalue weighted by molar-refractivity contribution is -0.136. The molecule has 7 nitrogen and oxygen atoms in total. The summed E-state index contributed by atoms with van der Waals surface area (Å²) in [5.41, 5.74) is 6.42. The molecule has 1 fully saturated rings. The van der Waals surface area contributed by atoms with E-state index in [1.165, 1.54) is 18.3 Å². The molecule has 2 aromatic heterocycles. The van der Waals surface area contributed by atoms with Gasteiger partial charge in [0.05, 0.1) is 12.2 Å². The monoisotopic (exact) mass is 563 g/mol. The lowest BCUT2D eigenvalue weighted by Crippen LogP contribution is -2.33. The van der Waals surface area contributed by atoms with Gasteiger partial charge < -0.3 is 19.8 Å². The van der Waals surface area contributed by atoms with E-state index in [-0.39, 0.29) is 41.3 Å². The fourth-order valence-corrected chi connectivity index (χ4v) is 4.68. The second-order valence-corrected chi connectivity index (χ2v) is 9.80. The molecule has 0 radical (unpaired) electrons. The molecule has 0 bridgehead atoms. The van der Waals surface area contributed by atoms with Gasteiger partial charge in [-0.25, -0.2) is 4.98 Å². The number of amides is 1. The van der Waals surface area contributed by atoms with Crippen LogP contribution < -0.4 is 5.73 Å². The predicted molar refractivity (Wildman–Crippen MR) is 149 cm³/mol. The molecule has 3 heterocycles. The normalized spacial score (nSPS) is 14.5. The first-order valence-corrected chi connectivity index (χ1v) is 13.2. The molecular weight excluding hydrogens is 535 g/mol. The van der Waals surface area contributed by atoms with Crippen molar-refractivity contribution in [2.45, 2.75) is 25.4 Å². The molecule has 0 spiro atoms. The highest BCUT2D eigenvalue weighted by atomic mass is 19.4. The molecule has 0 atom stereocenters. The number of aromatic nitrogens is 1. The number of halogens is 3. The van der Waals surface area contributed by atoms with Crippen molar-refractivity contribution in [3.05, 3.63) is 89.3 Å². The Balaban J connectivity index is 1.34. The van der Waals surface area contributed by atoms with E-state index in [2.05, 4.69) is 4.98 Å². The Hall–Kier alpha value is -4.44. The zero-order valence-electron chi connectivity index (χ0n) is 22.1. The first-order valence-electron chi connectivity index (χ1n) is 13.2. The smallest absolute Gasteiger partial charge is 0.420 e. The van der Waals surface area contributed by atoms with E-state index in [1.807, 2.05) is 0 Å². The number of benzene rings is 2. The number of rotatable bonds is 7. The molecule has 2 aromatic carbocycles. The maximum atomic E-state index is 14.0. The number of fused-ring (bicyclic) bond motifs is 1. The number of furan rings is 1. The Bertz CT molecular complexity index is 1570. The molecule has 41 heavy (non-hydrogen) atoms. The molecule has 1 saturated heterocycles. The third-order valence-electron chi connectivity index (χ3n) is 6.84. The van der Waals surface area contributed by atoms with Gasteiger partial charge in [0.1, 0.15) is 17.2 Å². The number of alkyl halides is 3. The lowest BCUT2D eigenvalue weighted by atomic mass is 9.99. The van der Waals surface area contributed by atoms with Crippen LogP contribution in [-0.2, 0) is 22.1 Å². The SMILES string of the molecule is Nc1ccc(/C=C/C(=O)CCc2cc3cc(-c4ccc(C(=O)N5CCCOCC5)cc4)cc(C(F)(F)F)c3o2)cn1. The van der Waals surface area contributed by atoms with Crippen LogP contribution in [0.2, 0.25) is 0 Å². The topological polar surface area (TPSA) is 98.7 Å². The zero-order valence-corrected chi connectivity index (χ0v) is 22.1. The fraction of sp³-hybridized carbons (Fsp3) is 0.258. The summed E-state index contributed by atoms with van der Waals surface area (Å²) in [7, 11) is 0. The molecule has 0 unspecified atom stereocenters. The van der Waals surface area contributed by atoms with Gasteiger partial charge in [-0.3, -0.25) is 9.59 Å². The first kappa shape index (κ1) is 28.1. The second-order valence-electron chi connectivity index (χ2n) is 9.80. The highest BCUT2D eigenvalue weighted by Crippen LogP contribution is 2.39. The van der Waals surface area contributed by atoms with E-state index < -0.39 is 11.7 Å². The largest absolute Gasteiger partial charge is 0.460 e. The van der Waals surface area contributed by atoms with Crippen LogP contribution in [0.25, 0.3) is 28.2 Å². The average molecular weight is 564 g/mol. The van der Waals surface area contributed by atoms with Crippen LogP contribution in [0.4, 0.5) is 19.0 Å². The molecule has 1 aliphatic rings. The van der Waals surface area contributed by atoms with Crippen molar-refractivity contribution in [1.29, 1.82) is 0 Å². The Morgan fingerprint density at radius 2 is 1.80 bits per heavy atom. The van der Waals surface area contributed by atoms with E-state index >= 15 is 0 Å². The van der Waals surface area contributed by atoms with Gasteiger partial charge in [-0.15, -0.1) is 0 Å². The number of nitrogen functional groups attached to an aromatic ring is 1. The number of pyridine rings is 1. The van der Waals surface area contributed by atoms with Crippen LogP contribution in [0.5, 0.6) is 0 Å². The number of carbonyl (C=O) groups excluding carboxylic acids is 2. The van der Waals surface area contributed by atoms with Crippen molar-refractivity contribution >= 4 is 34.6 Å². The van der Waals surface area contributed by atoms with E-state index in [4.69, 9.17) is 14.9 Å². The molecule has 2 N–H and O–H groups in total. The van der Waals surface area contributed by atoms with E-state index in [0.29, 0.717) is 54.4 Å². The minimum Gasteiger partial charge on any atom is -0.460 e. The van der Waals surface area contributed by atoms with Crippen molar-refractivity contribution in [2.24, 2.45) is 0 Å². The minimum absolute atomic E-state index is 0.0611. The Morgan fingerprint density at radius 1 is 1.00 bits per heavy atom. The van der Waals surface area contributed by atoms with Gasteiger partial charge >= 0.3 is 6.18 Å². The van der Waals surface area contributed by atoms with Gasteiger partial charge in [0, 0.05) is 49.7 Å². The number of ketones is 1. The van der Waals surface area contributed by atoms with Crippen molar-refractivity contribution in [1.82, 2.24) is 9.88 Å². The number of nitrogens with zero attached hydrogens (tertiary/aromatic N) is 2. The Kier molecular flexibility index (Phi) is 8.21. The third kappa shape index (κ3) is 6.83. The quantitative estimate of drug-likeness (QED) is 0.270. The van der Waals surface area contributed by atoms with Crippen LogP contribution in [0.15, 0.2) is 71.3 Å². The molecular formula is C31H28F3N3O4. The van der Waals surface area contributed by atoms with Crippen molar-refractivity contribution in [3.8, 4) is 11.1 Å². The predicted octanol–water partition coefficient (Wildman–Crippen LogP) is 6.17. The van der Waals surface area contributed by atoms with Gasteiger partial charge in [-0.05, 0) is 77.7 Å². The number of ether oxygens (including phenoxy) is 1. The van der Waals surface area contributed by atoms with E-state index in [0.717, 1.165) is 12.5 Å². The van der Waals surface area contributed by atoms with Gasteiger partial charge in [-0.2, -0.15) is 13.2 Å². The summed E-state index contributed by atoms with van der Waals surface area (Å²) in [6.45, 7) is 2.18. The van der Waals surface area contributed by atoms with E-state index in [1.54, 1.807) is 53.4 Å². The van der Waals surface area contributed by atoms with Gasteiger partial charge in [0.25, 0.3) is 5.91 Å². The number of hydrogen-bond acceptors (Lipinski definition) is 6. The number of hydrogen-bond donors (Lipinski definition) is 1. The van der Waals surface area contributed by atoms with Crippen LogP contribution in [0.1, 0.15) is 40.1 Å². The number of carbonyl (C=O) groups is 2. The Morgan fingerprint density at radius 3 is 2.54 bits per heavy atom. The number of nitrogens with two attached hydrogens (primary N) is 1. The standard InChI is InChI=1S/C31H28F3N3O4/c32-31(33,34)27-18-23(21-4-6-22(7-5-21)30(39)37-12-1-14-40-15-13-37)16-24-17-26(41-29(24)27)10-9-25(38)8-2-20-3-11-28(35)36-19-20/h2-8,11,16-19H,1,9-10,12-15H2,(H2,35,36)/b8-2+. The molecule has 5 rings (SSSR count). The third-order valence-corrected chi connectivity index (χ3v) is 6.84. The summed E-state index contributed by atoms with van der Waals surface area (Å²) in [5.74, 6) is 0.302. The zero-order chi connectivity index (χ0) is 29.0. The maximum Gasteiger partial charge on any atom is 0.420 e. The maximum absolute atomic E-state index is 14.0. The van der Waals surface area contributed by atoms with Crippen LogP contribution in [0.3, 0.4) is 0 Å². The molecule has 1 aliphatic heterocycles. The van der Waals surface area contributed by atoms with Crippen molar-refractivity contribution in [2.75, 3.05) is 32.0 Å². The summed E-state index contributed by atoms with van der Waals surface area (Å²) in [5, 5.41) is 0.283. The molecule has 10 heteroatoms. The molecule has 1 amide bonds. The molecule has 212 valence electrons. The summed E-state index contributed by atoms with van der Waals surface area (Å²) in [4.78, 5) is 30.9. The number of allylic oxidation sites excluding steroid dienone is 1. The van der Waals surface area contributed by atoms with Crippen molar-refractivity contribution < 1.29 is 31.9 Å². The van der Waals surface area contributed by atoms with Gasteiger partial charge in [0.2, 0.25) is 0 Å². The summed E-state index contributed by atoms with van der Waals surface area (Å²) in [6, 6.07) is 14.1. The molecule has 0 saturated carbocycles. The molecule has 4 aromatic rings. The van der Waals surface area contributed by atoms with Crippen LogP contribution >= 0.6 is 0 Å². The second kappa shape index (κ2) is 12.0. The average Bonchev–Trinajstić information content (AvgIpc) is 3.18. The van der Waals surface area contributed by atoms with Gasteiger partial charge in [-0.1, -0.05) is 12.1 Å². The number of aryl methyl sites for hydroxylation is 1.